The summed E-state index contributed by atoms with van der Waals surface area (Å²) in [6.45, 7) is 0. The van der Waals surface area contributed by atoms with Crippen LogP contribution in [-0.2, 0) is 0 Å². The molecule has 0 spiro atoms. The van der Waals surface area contributed by atoms with E-state index in [0.29, 0.717) is 13.5 Å². The summed E-state index contributed by atoms with van der Waals surface area (Å²) in [6.07, 6.45) is 1.31. The van der Waals surface area contributed by atoms with Crippen LogP contribution in [0.15, 0.2) is 45.3 Å². The van der Waals surface area contributed by atoms with E-state index in [0.717, 1.165) is 11.8 Å². The molecule has 0 aliphatic rings. The molecule has 0 saturated carbocycles. The van der Waals surface area contributed by atoms with Gasteiger partial charge in [0, 0.05) is 4.90 Å². The Morgan fingerprint density at radius 3 is 2.88 bits per heavy atom. The maximum Gasteiger partial charge on any atom is 0.265 e. The highest BCUT2D eigenvalue weighted by Crippen LogP contribution is 2.29. The first-order valence-corrected chi connectivity index (χ1v) is 6.23. The summed E-state index contributed by atoms with van der Waals surface area (Å²) in [7, 11) is 0. The van der Waals surface area contributed by atoms with E-state index in [1.54, 1.807) is 18.2 Å². The first kappa shape index (κ1) is 11.6. The molecule has 0 unspecified atom stereocenters. The number of hydrogen-bond donors (Lipinski definition) is 1. The molecule has 16 heavy (non-hydrogen) atoms. The van der Waals surface area contributed by atoms with E-state index in [1.807, 2.05) is 22.6 Å². The van der Waals surface area contributed by atoms with Gasteiger partial charge in [-0.25, -0.2) is 9.37 Å². The van der Waals surface area contributed by atoms with Crippen LogP contribution >= 0.6 is 34.4 Å². The molecule has 1 aromatic heterocycles. The van der Waals surface area contributed by atoms with Crippen LogP contribution in [0.1, 0.15) is 0 Å². The standard InChI is InChI=1S/C10H6FIN2OS/c11-6-3-1-2-4-7(6)16-10-8(12)9(15)13-5-14-10/h1-5H,(H,13,14,15). The van der Waals surface area contributed by atoms with Crippen molar-refractivity contribution in [2.75, 3.05) is 0 Å². The monoisotopic (exact) mass is 348 g/mol. The number of H-pyrrole nitrogens is 1. The minimum Gasteiger partial charge on any atom is -0.312 e. The predicted octanol–water partition coefficient (Wildman–Crippen LogP) is 2.66. The second-order valence-corrected chi connectivity index (χ2v) is 4.99. The third kappa shape index (κ3) is 2.43. The highest BCUT2D eigenvalue weighted by molar-refractivity contribution is 14.1. The molecule has 6 heteroatoms. The molecule has 0 atom stereocenters. The minimum absolute atomic E-state index is 0.213. The molecular weight excluding hydrogens is 342 g/mol. The highest BCUT2D eigenvalue weighted by Gasteiger charge is 2.09. The maximum absolute atomic E-state index is 13.4. The average molecular weight is 348 g/mol. The second kappa shape index (κ2) is 4.96. The number of benzene rings is 1. The van der Waals surface area contributed by atoms with Gasteiger partial charge in [0.1, 0.15) is 14.4 Å². The zero-order chi connectivity index (χ0) is 11.5. The van der Waals surface area contributed by atoms with E-state index in [1.165, 1.54) is 12.4 Å². The smallest absolute Gasteiger partial charge is 0.265 e. The van der Waals surface area contributed by atoms with Gasteiger partial charge in [0.2, 0.25) is 0 Å². The van der Waals surface area contributed by atoms with Gasteiger partial charge in [-0.05, 0) is 34.7 Å². The lowest BCUT2D eigenvalue weighted by molar-refractivity contribution is 0.602. The summed E-state index contributed by atoms with van der Waals surface area (Å²) in [5.41, 5.74) is -0.213. The molecule has 0 aliphatic heterocycles. The summed E-state index contributed by atoms with van der Waals surface area (Å²) < 4.78 is 13.8. The van der Waals surface area contributed by atoms with Crippen molar-refractivity contribution in [2.24, 2.45) is 0 Å². The molecule has 0 radical (unpaired) electrons. The second-order valence-electron chi connectivity index (χ2n) is 2.88. The number of aromatic amines is 1. The summed E-state index contributed by atoms with van der Waals surface area (Å²) in [6, 6.07) is 6.39. The SMILES string of the molecule is O=c1[nH]cnc(Sc2ccccc2F)c1I. The van der Waals surface area contributed by atoms with Crippen molar-refractivity contribution in [3.05, 3.63) is 50.3 Å². The van der Waals surface area contributed by atoms with Crippen LogP contribution in [0.3, 0.4) is 0 Å². The molecule has 2 rings (SSSR count). The molecule has 0 bridgehead atoms. The fourth-order valence-corrected chi connectivity index (χ4v) is 2.50. The van der Waals surface area contributed by atoms with Crippen LogP contribution < -0.4 is 5.56 Å². The Morgan fingerprint density at radius 1 is 1.38 bits per heavy atom. The summed E-state index contributed by atoms with van der Waals surface area (Å²) >= 11 is 3.04. The Bertz CT molecular complexity index is 573. The molecule has 1 heterocycles. The van der Waals surface area contributed by atoms with E-state index in [2.05, 4.69) is 9.97 Å². The molecule has 82 valence electrons. The van der Waals surface area contributed by atoms with E-state index < -0.39 is 0 Å². The summed E-state index contributed by atoms with van der Waals surface area (Å²) in [5.74, 6) is -0.314. The maximum atomic E-state index is 13.4. The van der Waals surface area contributed by atoms with Crippen molar-refractivity contribution in [2.45, 2.75) is 9.92 Å². The number of nitrogens with one attached hydrogen (secondary N) is 1. The Balaban J connectivity index is 2.38. The molecular formula is C10H6FIN2OS. The van der Waals surface area contributed by atoms with Crippen molar-refractivity contribution in [1.29, 1.82) is 0 Å². The molecule has 0 fully saturated rings. The van der Waals surface area contributed by atoms with Gasteiger partial charge in [-0.1, -0.05) is 23.9 Å². The zero-order valence-corrected chi connectivity index (χ0v) is 10.9. The first-order valence-electron chi connectivity index (χ1n) is 4.34. The molecule has 1 aromatic carbocycles. The number of nitrogens with zero attached hydrogens (tertiary/aromatic N) is 1. The number of aromatic nitrogens is 2. The quantitative estimate of drug-likeness (QED) is 0.671. The van der Waals surface area contributed by atoms with Crippen molar-refractivity contribution in [3.63, 3.8) is 0 Å². The lowest BCUT2D eigenvalue weighted by Gasteiger charge is -2.02. The van der Waals surface area contributed by atoms with Crippen LogP contribution in [0, 0.1) is 9.39 Å². The van der Waals surface area contributed by atoms with Crippen LogP contribution in [0.2, 0.25) is 0 Å². The number of halogens is 2. The fourth-order valence-electron chi connectivity index (χ4n) is 1.07. The van der Waals surface area contributed by atoms with Gasteiger partial charge >= 0.3 is 0 Å². The minimum atomic E-state index is -0.314. The van der Waals surface area contributed by atoms with E-state index >= 15 is 0 Å². The summed E-state index contributed by atoms with van der Waals surface area (Å²) in [5, 5.41) is 0.509. The highest BCUT2D eigenvalue weighted by atomic mass is 127. The molecule has 1 N–H and O–H groups in total. The van der Waals surface area contributed by atoms with E-state index in [9.17, 15) is 9.18 Å². The van der Waals surface area contributed by atoms with Gasteiger partial charge in [-0.3, -0.25) is 4.79 Å². The topological polar surface area (TPSA) is 45.8 Å². The number of hydrogen-bond acceptors (Lipinski definition) is 3. The van der Waals surface area contributed by atoms with Gasteiger partial charge in [-0.15, -0.1) is 0 Å². The summed E-state index contributed by atoms with van der Waals surface area (Å²) in [4.78, 5) is 18.2. The van der Waals surface area contributed by atoms with Crippen LogP contribution in [0.4, 0.5) is 4.39 Å². The fraction of sp³-hybridized carbons (Fsp3) is 0. The largest absolute Gasteiger partial charge is 0.312 e. The molecule has 3 nitrogen and oxygen atoms in total. The Hall–Kier alpha value is -0.890. The average Bonchev–Trinajstić information content (AvgIpc) is 2.28. The zero-order valence-electron chi connectivity index (χ0n) is 7.91. The van der Waals surface area contributed by atoms with Gasteiger partial charge in [0.25, 0.3) is 5.56 Å². The third-order valence-electron chi connectivity index (χ3n) is 1.81. The lowest BCUT2D eigenvalue weighted by Crippen LogP contribution is -2.11. The Labute approximate surface area is 109 Å². The number of rotatable bonds is 2. The van der Waals surface area contributed by atoms with Crippen molar-refractivity contribution < 1.29 is 4.39 Å². The molecule has 0 aliphatic carbocycles. The Kier molecular flexibility index (Phi) is 3.59. The molecule has 2 aromatic rings. The predicted molar refractivity (Wildman–Crippen MR) is 68.1 cm³/mol. The van der Waals surface area contributed by atoms with E-state index in [4.69, 9.17) is 0 Å². The van der Waals surface area contributed by atoms with Crippen molar-refractivity contribution in [3.8, 4) is 0 Å². The van der Waals surface area contributed by atoms with Crippen molar-refractivity contribution >= 4 is 34.4 Å². The molecule has 0 amide bonds. The third-order valence-corrected chi connectivity index (χ3v) is 4.23. The van der Waals surface area contributed by atoms with Gasteiger partial charge in [0.05, 0.1) is 6.33 Å². The van der Waals surface area contributed by atoms with Gasteiger partial charge in [-0.2, -0.15) is 0 Å². The van der Waals surface area contributed by atoms with Crippen LogP contribution in [-0.4, -0.2) is 9.97 Å². The van der Waals surface area contributed by atoms with Crippen LogP contribution in [0.5, 0.6) is 0 Å². The lowest BCUT2D eigenvalue weighted by atomic mass is 10.3. The van der Waals surface area contributed by atoms with Crippen LogP contribution in [0.25, 0.3) is 0 Å². The Morgan fingerprint density at radius 2 is 2.12 bits per heavy atom. The van der Waals surface area contributed by atoms with Gasteiger partial charge in [0.15, 0.2) is 0 Å². The van der Waals surface area contributed by atoms with Crippen molar-refractivity contribution in [1.82, 2.24) is 9.97 Å². The van der Waals surface area contributed by atoms with Gasteiger partial charge < -0.3 is 4.98 Å². The first-order chi connectivity index (χ1) is 7.68. The normalized spacial score (nSPS) is 10.4. The molecule has 0 saturated heterocycles. The van der Waals surface area contributed by atoms with E-state index in [-0.39, 0.29) is 11.4 Å².